The van der Waals surface area contributed by atoms with E-state index in [1.165, 1.54) is 12.1 Å². The van der Waals surface area contributed by atoms with Crippen LogP contribution in [0.5, 0.6) is 0 Å². The standard InChI is InChI=1S/C21H31FN2O2/c1-3-21(4-2)15-19(26-20(21)25)9-10-23-11-13-24(14-12-23)16-17-5-7-18(22)8-6-17/h5-8,19H,3-4,9-16H2,1-2H3. The van der Waals surface area contributed by atoms with Gasteiger partial charge in [0.1, 0.15) is 11.9 Å². The van der Waals surface area contributed by atoms with Gasteiger partial charge in [0.05, 0.1) is 5.41 Å². The number of hydrogen-bond donors (Lipinski definition) is 0. The van der Waals surface area contributed by atoms with Gasteiger partial charge in [-0.2, -0.15) is 0 Å². The summed E-state index contributed by atoms with van der Waals surface area (Å²) in [5, 5.41) is 0. The Morgan fingerprint density at radius 3 is 2.27 bits per heavy atom. The lowest BCUT2D eigenvalue weighted by molar-refractivity contribution is -0.149. The van der Waals surface area contributed by atoms with Crippen molar-refractivity contribution in [2.24, 2.45) is 5.41 Å². The van der Waals surface area contributed by atoms with Crippen molar-refractivity contribution in [2.45, 2.75) is 52.2 Å². The highest BCUT2D eigenvalue weighted by Gasteiger charge is 2.46. The molecule has 0 aromatic heterocycles. The Morgan fingerprint density at radius 2 is 1.69 bits per heavy atom. The lowest BCUT2D eigenvalue weighted by Crippen LogP contribution is -2.46. The molecular weight excluding hydrogens is 331 g/mol. The second-order valence-corrected chi connectivity index (χ2v) is 7.75. The molecule has 0 amide bonds. The first-order chi connectivity index (χ1) is 12.5. The zero-order valence-corrected chi connectivity index (χ0v) is 16.0. The van der Waals surface area contributed by atoms with Crippen LogP contribution < -0.4 is 0 Å². The van der Waals surface area contributed by atoms with Gasteiger partial charge in [0, 0.05) is 45.7 Å². The van der Waals surface area contributed by atoms with Crippen LogP contribution in [0.3, 0.4) is 0 Å². The number of halogens is 1. The van der Waals surface area contributed by atoms with Crippen LogP contribution in [0.25, 0.3) is 0 Å². The number of benzene rings is 1. The van der Waals surface area contributed by atoms with Crippen molar-refractivity contribution in [3.8, 4) is 0 Å². The maximum Gasteiger partial charge on any atom is 0.312 e. The molecule has 0 spiro atoms. The van der Waals surface area contributed by atoms with Crippen LogP contribution >= 0.6 is 0 Å². The Kier molecular flexibility index (Phi) is 6.30. The van der Waals surface area contributed by atoms with Crippen LogP contribution in [-0.4, -0.2) is 54.6 Å². The monoisotopic (exact) mass is 362 g/mol. The summed E-state index contributed by atoms with van der Waals surface area (Å²) in [6.45, 7) is 10.2. The summed E-state index contributed by atoms with van der Waals surface area (Å²) in [5.41, 5.74) is 0.923. The first-order valence-corrected chi connectivity index (χ1v) is 9.95. The number of carbonyl (C=O) groups excluding carboxylic acids is 1. The van der Waals surface area contributed by atoms with E-state index in [0.29, 0.717) is 0 Å². The van der Waals surface area contributed by atoms with Gasteiger partial charge in [0.15, 0.2) is 0 Å². The molecule has 144 valence electrons. The van der Waals surface area contributed by atoms with Crippen molar-refractivity contribution in [3.63, 3.8) is 0 Å². The molecule has 0 aliphatic carbocycles. The number of carbonyl (C=O) groups is 1. The average Bonchev–Trinajstić information content (AvgIpc) is 2.99. The number of nitrogens with zero attached hydrogens (tertiary/aromatic N) is 2. The van der Waals surface area contributed by atoms with Crippen LogP contribution in [0, 0.1) is 11.2 Å². The van der Waals surface area contributed by atoms with Gasteiger partial charge in [-0.25, -0.2) is 4.39 Å². The number of cyclic esters (lactones) is 1. The van der Waals surface area contributed by atoms with Gasteiger partial charge in [-0.3, -0.25) is 9.69 Å². The average molecular weight is 362 g/mol. The second kappa shape index (κ2) is 8.49. The summed E-state index contributed by atoms with van der Waals surface area (Å²) in [6, 6.07) is 6.79. The van der Waals surface area contributed by atoms with E-state index in [4.69, 9.17) is 4.74 Å². The van der Waals surface area contributed by atoms with Crippen molar-refractivity contribution in [1.29, 1.82) is 0 Å². The van der Waals surface area contributed by atoms with Crippen molar-refractivity contribution in [1.82, 2.24) is 9.80 Å². The SMILES string of the molecule is CCC1(CC)CC(CCN2CCN(Cc3ccc(F)cc3)CC2)OC1=O. The second-order valence-electron chi connectivity index (χ2n) is 7.75. The summed E-state index contributed by atoms with van der Waals surface area (Å²) in [4.78, 5) is 17.1. The predicted octanol–water partition coefficient (Wildman–Crippen LogP) is 3.46. The summed E-state index contributed by atoms with van der Waals surface area (Å²) >= 11 is 0. The lowest BCUT2D eigenvalue weighted by Gasteiger charge is -2.35. The van der Waals surface area contributed by atoms with E-state index in [9.17, 15) is 9.18 Å². The molecule has 26 heavy (non-hydrogen) atoms. The largest absolute Gasteiger partial charge is 0.462 e. The quantitative estimate of drug-likeness (QED) is 0.696. The Labute approximate surface area is 156 Å². The van der Waals surface area contributed by atoms with E-state index in [1.54, 1.807) is 0 Å². The molecule has 0 N–H and O–H groups in total. The minimum atomic E-state index is -0.238. The maximum absolute atomic E-state index is 13.0. The summed E-state index contributed by atoms with van der Waals surface area (Å²) in [5.74, 6) is -0.169. The number of esters is 1. The molecule has 5 heteroatoms. The maximum atomic E-state index is 13.0. The molecule has 1 unspecified atom stereocenters. The summed E-state index contributed by atoms with van der Waals surface area (Å²) < 4.78 is 18.6. The van der Waals surface area contributed by atoms with Crippen molar-refractivity contribution >= 4 is 5.97 Å². The molecule has 2 heterocycles. The number of rotatable bonds is 7. The third-order valence-electron chi connectivity index (χ3n) is 6.23. The van der Waals surface area contributed by atoms with E-state index < -0.39 is 0 Å². The summed E-state index contributed by atoms with van der Waals surface area (Å²) in [6.07, 6.45) is 3.65. The number of ether oxygens (including phenoxy) is 1. The van der Waals surface area contributed by atoms with Crippen LogP contribution in [0.2, 0.25) is 0 Å². The summed E-state index contributed by atoms with van der Waals surface area (Å²) in [7, 11) is 0. The third kappa shape index (κ3) is 4.44. The first kappa shape index (κ1) is 19.3. The van der Waals surface area contributed by atoms with Gasteiger partial charge in [0.25, 0.3) is 0 Å². The molecule has 1 aromatic carbocycles. The minimum absolute atomic E-state index is 0.0108. The van der Waals surface area contributed by atoms with E-state index in [1.807, 2.05) is 12.1 Å². The smallest absolute Gasteiger partial charge is 0.312 e. The number of piperazine rings is 1. The normalized spacial score (nSPS) is 24.0. The molecule has 1 aromatic rings. The zero-order chi connectivity index (χ0) is 18.6. The highest BCUT2D eigenvalue weighted by Crippen LogP contribution is 2.41. The Bertz CT molecular complexity index is 593. The highest BCUT2D eigenvalue weighted by atomic mass is 19.1. The van der Waals surface area contributed by atoms with Crippen LogP contribution in [-0.2, 0) is 16.1 Å². The third-order valence-corrected chi connectivity index (χ3v) is 6.23. The van der Waals surface area contributed by atoms with Crippen molar-refractivity contribution < 1.29 is 13.9 Å². The van der Waals surface area contributed by atoms with Gasteiger partial charge in [0.2, 0.25) is 0 Å². The molecule has 2 saturated heterocycles. The van der Waals surface area contributed by atoms with E-state index in [2.05, 4.69) is 23.6 Å². The van der Waals surface area contributed by atoms with Gasteiger partial charge in [-0.05, 0) is 37.0 Å². The first-order valence-electron chi connectivity index (χ1n) is 9.95. The van der Waals surface area contributed by atoms with E-state index in [0.717, 1.165) is 70.5 Å². The number of hydrogen-bond acceptors (Lipinski definition) is 4. The van der Waals surface area contributed by atoms with E-state index in [-0.39, 0.29) is 23.3 Å². The lowest BCUT2D eigenvalue weighted by atomic mass is 9.79. The fourth-order valence-corrected chi connectivity index (χ4v) is 4.17. The van der Waals surface area contributed by atoms with Gasteiger partial charge < -0.3 is 9.64 Å². The fourth-order valence-electron chi connectivity index (χ4n) is 4.17. The van der Waals surface area contributed by atoms with Gasteiger partial charge in [-0.1, -0.05) is 26.0 Å². The van der Waals surface area contributed by atoms with E-state index >= 15 is 0 Å². The molecule has 0 radical (unpaired) electrons. The predicted molar refractivity (Wildman–Crippen MR) is 100 cm³/mol. The molecule has 0 saturated carbocycles. The highest BCUT2D eigenvalue weighted by molar-refractivity contribution is 5.78. The Hall–Kier alpha value is -1.46. The van der Waals surface area contributed by atoms with Crippen molar-refractivity contribution in [3.05, 3.63) is 35.6 Å². The molecule has 4 nitrogen and oxygen atoms in total. The van der Waals surface area contributed by atoms with Crippen molar-refractivity contribution in [2.75, 3.05) is 32.7 Å². The molecule has 2 aliphatic heterocycles. The zero-order valence-electron chi connectivity index (χ0n) is 16.0. The minimum Gasteiger partial charge on any atom is -0.462 e. The van der Waals surface area contributed by atoms with Crippen LogP contribution in [0.1, 0.15) is 45.1 Å². The fraction of sp³-hybridized carbons (Fsp3) is 0.667. The van der Waals surface area contributed by atoms with Crippen LogP contribution in [0.4, 0.5) is 4.39 Å². The van der Waals surface area contributed by atoms with Gasteiger partial charge >= 0.3 is 5.97 Å². The molecular formula is C21H31FN2O2. The molecule has 1 atom stereocenters. The molecule has 0 bridgehead atoms. The Balaban J connectivity index is 1.39. The van der Waals surface area contributed by atoms with Gasteiger partial charge in [-0.15, -0.1) is 0 Å². The molecule has 3 rings (SSSR count). The molecule has 2 fully saturated rings. The Morgan fingerprint density at radius 1 is 1.08 bits per heavy atom. The molecule has 2 aliphatic rings. The van der Waals surface area contributed by atoms with Crippen LogP contribution in [0.15, 0.2) is 24.3 Å². The topological polar surface area (TPSA) is 32.8 Å².